The standard InChI is InChI=1S/C18H19ClN2O3S/c1-13(18(22)21-11-10-15-4-2-3-5-17(15)21)20-25(23,24)12-14-6-8-16(19)9-7-14/h2-9,13,20H,10-12H2,1H3/t13-/m0/s1. The van der Waals surface area contributed by atoms with Crippen molar-refractivity contribution in [1.82, 2.24) is 4.72 Å². The molecule has 1 N–H and O–H groups in total. The van der Waals surface area contributed by atoms with E-state index in [-0.39, 0.29) is 11.7 Å². The summed E-state index contributed by atoms with van der Waals surface area (Å²) in [6, 6.07) is 13.4. The average molecular weight is 379 g/mol. The van der Waals surface area contributed by atoms with Gasteiger partial charge < -0.3 is 4.90 Å². The molecule has 1 amide bonds. The first-order valence-corrected chi connectivity index (χ1v) is 10.0. The van der Waals surface area contributed by atoms with E-state index < -0.39 is 16.1 Å². The van der Waals surface area contributed by atoms with Gasteiger partial charge in [0, 0.05) is 17.3 Å². The Hall–Kier alpha value is -1.89. The van der Waals surface area contributed by atoms with Gasteiger partial charge in [-0.3, -0.25) is 4.79 Å². The zero-order valence-electron chi connectivity index (χ0n) is 13.8. The molecule has 2 aromatic rings. The van der Waals surface area contributed by atoms with Crippen LogP contribution in [-0.2, 0) is 27.0 Å². The maximum Gasteiger partial charge on any atom is 0.244 e. The molecule has 2 aromatic carbocycles. The maximum atomic E-state index is 12.7. The van der Waals surface area contributed by atoms with E-state index in [9.17, 15) is 13.2 Å². The number of benzene rings is 2. The van der Waals surface area contributed by atoms with E-state index in [1.807, 2.05) is 24.3 Å². The third kappa shape index (κ3) is 4.21. The van der Waals surface area contributed by atoms with Gasteiger partial charge in [0.05, 0.1) is 11.8 Å². The normalized spacial score (nSPS) is 15.0. The van der Waals surface area contributed by atoms with Gasteiger partial charge in [0.15, 0.2) is 0 Å². The van der Waals surface area contributed by atoms with E-state index in [0.29, 0.717) is 17.1 Å². The monoisotopic (exact) mass is 378 g/mol. The molecule has 1 aliphatic heterocycles. The lowest BCUT2D eigenvalue weighted by molar-refractivity contribution is -0.119. The van der Waals surface area contributed by atoms with E-state index in [1.165, 1.54) is 0 Å². The third-order valence-corrected chi connectivity index (χ3v) is 5.83. The molecule has 0 radical (unpaired) electrons. The van der Waals surface area contributed by atoms with E-state index in [4.69, 9.17) is 11.6 Å². The van der Waals surface area contributed by atoms with Gasteiger partial charge in [-0.05, 0) is 42.7 Å². The number of anilines is 1. The van der Waals surface area contributed by atoms with E-state index in [1.54, 1.807) is 36.1 Å². The summed E-state index contributed by atoms with van der Waals surface area (Å²) in [5, 5.41) is 0.547. The molecule has 5 nitrogen and oxygen atoms in total. The number of nitrogens with zero attached hydrogens (tertiary/aromatic N) is 1. The molecule has 1 heterocycles. The zero-order valence-corrected chi connectivity index (χ0v) is 15.3. The molecule has 3 rings (SSSR count). The Bertz CT molecular complexity index is 881. The van der Waals surface area contributed by atoms with Gasteiger partial charge in [0.1, 0.15) is 0 Å². The van der Waals surface area contributed by atoms with Gasteiger partial charge in [0.2, 0.25) is 15.9 Å². The number of fused-ring (bicyclic) bond motifs is 1. The minimum absolute atomic E-state index is 0.196. The van der Waals surface area contributed by atoms with Crippen LogP contribution in [0.2, 0.25) is 5.02 Å². The summed E-state index contributed by atoms with van der Waals surface area (Å²) in [4.78, 5) is 14.3. The molecule has 0 bridgehead atoms. The van der Waals surface area contributed by atoms with E-state index in [0.717, 1.165) is 17.7 Å². The Morgan fingerprint density at radius 2 is 1.88 bits per heavy atom. The third-order valence-electron chi connectivity index (χ3n) is 4.15. The summed E-state index contributed by atoms with van der Waals surface area (Å²) in [6.45, 7) is 2.14. The molecule has 25 heavy (non-hydrogen) atoms. The fourth-order valence-corrected chi connectivity index (χ4v) is 4.44. The number of rotatable bonds is 5. The Labute approximate surface area is 152 Å². The minimum Gasteiger partial charge on any atom is -0.310 e. The Morgan fingerprint density at radius 3 is 2.60 bits per heavy atom. The van der Waals surface area contributed by atoms with Crippen molar-refractivity contribution in [1.29, 1.82) is 0 Å². The highest BCUT2D eigenvalue weighted by molar-refractivity contribution is 7.88. The lowest BCUT2D eigenvalue weighted by Crippen LogP contribution is -2.46. The zero-order chi connectivity index (χ0) is 18.0. The highest BCUT2D eigenvalue weighted by Crippen LogP contribution is 2.28. The molecule has 0 saturated carbocycles. The maximum absolute atomic E-state index is 12.7. The van der Waals surface area contributed by atoms with Crippen LogP contribution in [0, 0.1) is 0 Å². The van der Waals surface area contributed by atoms with Crippen molar-refractivity contribution in [2.45, 2.75) is 25.1 Å². The molecule has 0 unspecified atom stereocenters. The number of para-hydroxylation sites is 1. The predicted octanol–water partition coefficient (Wildman–Crippen LogP) is 2.74. The highest BCUT2D eigenvalue weighted by atomic mass is 35.5. The molecular weight excluding hydrogens is 360 g/mol. The molecule has 0 aliphatic carbocycles. The summed E-state index contributed by atoms with van der Waals surface area (Å²) >= 11 is 5.81. The lowest BCUT2D eigenvalue weighted by Gasteiger charge is -2.22. The van der Waals surface area contributed by atoms with Crippen LogP contribution in [0.3, 0.4) is 0 Å². The van der Waals surface area contributed by atoms with Gasteiger partial charge in [-0.25, -0.2) is 13.1 Å². The molecule has 1 atom stereocenters. The van der Waals surface area contributed by atoms with Crippen molar-refractivity contribution in [3.05, 3.63) is 64.7 Å². The first-order valence-electron chi connectivity index (χ1n) is 7.99. The SMILES string of the molecule is C[C@H](NS(=O)(=O)Cc1ccc(Cl)cc1)C(=O)N1CCc2ccccc21. The minimum atomic E-state index is -3.64. The number of halogens is 1. The number of carbonyl (C=O) groups is 1. The van der Waals surface area contributed by atoms with E-state index in [2.05, 4.69) is 4.72 Å². The largest absolute Gasteiger partial charge is 0.310 e. The van der Waals surface area contributed by atoms with Crippen LogP contribution < -0.4 is 9.62 Å². The summed E-state index contributed by atoms with van der Waals surface area (Å²) in [6.07, 6.45) is 0.784. The summed E-state index contributed by atoms with van der Waals surface area (Å²) < 4.78 is 27.2. The Morgan fingerprint density at radius 1 is 1.20 bits per heavy atom. The summed E-state index contributed by atoms with van der Waals surface area (Å²) in [7, 11) is -3.64. The van der Waals surface area contributed by atoms with Crippen LogP contribution in [0.1, 0.15) is 18.1 Å². The molecule has 7 heteroatoms. The summed E-state index contributed by atoms with van der Waals surface area (Å²) in [5.74, 6) is -0.442. The number of hydrogen-bond acceptors (Lipinski definition) is 3. The van der Waals surface area contributed by atoms with E-state index >= 15 is 0 Å². The summed E-state index contributed by atoms with van der Waals surface area (Å²) in [5.41, 5.74) is 2.58. The van der Waals surface area contributed by atoms with Crippen molar-refractivity contribution >= 4 is 33.2 Å². The molecule has 0 fully saturated rings. The topological polar surface area (TPSA) is 66.5 Å². The van der Waals surface area contributed by atoms with Gasteiger partial charge >= 0.3 is 0 Å². The molecule has 0 aromatic heterocycles. The number of nitrogens with one attached hydrogen (secondary N) is 1. The second kappa shape index (κ2) is 7.15. The lowest BCUT2D eigenvalue weighted by atomic mass is 10.2. The number of hydrogen-bond donors (Lipinski definition) is 1. The van der Waals surface area contributed by atoms with Crippen molar-refractivity contribution in [2.75, 3.05) is 11.4 Å². The van der Waals surface area contributed by atoms with Crippen LogP contribution in [0.5, 0.6) is 0 Å². The Balaban J connectivity index is 1.68. The second-order valence-corrected chi connectivity index (χ2v) is 8.28. The smallest absolute Gasteiger partial charge is 0.244 e. The fourth-order valence-electron chi connectivity index (χ4n) is 2.96. The van der Waals surface area contributed by atoms with Gasteiger partial charge in [-0.2, -0.15) is 0 Å². The molecular formula is C18H19ClN2O3S. The van der Waals surface area contributed by atoms with Crippen LogP contribution in [0.4, 0.5) is 5.69 Å². The number of sulfonamides is 1. The quantitative estimate of drug-likeness (QED) is 0.869. The van der Waals surface area contributed by atoms with Gasteiger partial charge in [-0.1, -0.05) is 41.9 Å². The fraction of sp³-hybridized carbons (Fsp3) is 0.278. The number of carbonyl (C=O) groups excluding carboxylic acids is 1. The predicted molar refractivity (Wildman–Crippen MR) is 99.2 cm³/mol. The first kappa shape index (κ1) is 17.9. The van der Waals surface area contributed by atoms with Crippen molar-refractivity contribution < 1.29 is 13.2 Å². The highest BCUT2D eigenvalue weighted by Gasteiger charge is 2.29. The first-order chi connectivity index (χ1) is 11.9. The molecule has 132 valence electrons. The van der Waals surface area contributed by atoms with Crippen LogP contribution >= 0.6 is 11.6 Å². The van der Waals surface area contributed by atoms with Crippen molar-refractivity contribution in [3.8, 4) is 0 Å². The Kier molecular flexibility index (Phi) is 5.13. The number of amides is 1. The van der Waals surface area contributed by atoms with Gasteiger partial charge in [-0.15, -0.1) is 0 Å². The molecule has 0 spiro atoms. The van der Waals surface area contributed by atoms with Crippen LogP contribution in [0.15, 0.2) is 48.5 Å². The van der Waals surface area contributed by atoms with Crippen molar-refractivity contribution in [2.24, 2.45) is 0 Å². The van der Waals surface area contributed by atoms with Crippen LogP contribution in [-0.4, -0.2) is 26.9 Å². The molecule has 0 saturated heterocycles. The van der Waals surface area contributed by atoms with Crippen LogP contribution in [0.25, 0.3) is 0 Å². The molecule has 1 aliphatic rings. The van der Waals surface area contributed by atoms with Gasteiger partial charge in [0.25, 0.3) is 0 Å². The average Bonchev–Trinajstić information content (AvgIpc) is 2.99. The van der Waals surface area contributed by atoms with Crippen molar-refractivity contribution in [3.63, 3.8) is 0 Å². The second-order valence-electron chi connectivity index (χ2n) is 6.09.